The second kappa shape index (κ2) is 17.4. The Labute approximate surface area is 227 Å². The SMILES string of the molecule is O.O.O.O.O.O=C(Nc1ccc(-c2nn[nH]n2)cc1)c1ccc(-c2nn[nH]n2)cc1.[H-].[H-].[Na+].[Na+]. The van der Waals surface area contributed by atoms with E-state index in [0.717, 1.165) is 11.1 Å². The molecule has 0 aliphatic carbocycles. The Morgan fingerprint density at radius 3 is 1.47 bits per heavy atom. The first-order valence-electron chi connectivity index (χ1n) is 7.29. The summed E-state index contributed by atoms with van der Waals surface area (Å²) >= 11 is 0. The van der Waals surface area contributed by atoms with Gasteiger partial charge < -0.3 is 35.6 Å². The third kappa shape index (κ3) is 8.77. The minimum Gasteiger partial charge on any atom is -1.00 e. The molecule has 0 aliphatic rings. The number of carbonyl (C=O) groups excluding carboxylic acids is 1. The summed E-state index contributed by atoms with van der Waals surface area (Å²) in [5.41, 5.74) is 2.76. The number of nitrogens with zero attached hydrogens (tertiary/aromatic N) is 6. The van der Waals surface area contributed by atoms with Gasteiger partial charge in [-0.2, -0.15) is 10.4 Å². The summed E-state index contributed by atoms with van der Waals surface area (Å²) in [5, 5.41) is 30.2. The van der Waals surface area contributed by atoms with Crippen molar-refractivity contribution in [1.82, 2.24) is 41.2 Å². The third-order valence-electron chi connectivity index (χ3n) is 3.50. The predicted molar refractivity (Wildman–Crippen MR) is 107 cm³/mol. The molecule has 0 bridgehead atoms. The molecular formula is C15H23N9Na2O6. The van der Waals surface area contributed by atoms with Crippen LogP contribution in [-0.2, 0) is 0 Å². The van der Waals surface area contributed by atoms with Gasteiger partial charge in [-0.15, -0.1) is 20.4 Å². The van der Waals surface area contributed by atoms with Gasteiger partial charge in [-0.25, -0.2) is 0 Å². The first kappa shape index (κ1) is 37.2. The molecule has 32 heavy (non-hydrogen) atoms. The van der Waals surface area contributed by atoms with Gasteiger partial charge in [0.2, 0.25) is 11.6 Å². The Morgan fingerprint density at radius 2 is 1.09 bits per heavy atom. The number of benzene rings is 2. The number of hydrogen-bond acceptors (Lipinski definition) is 7. The molecule has 13 N–H and O–H groups in total. The van der Waals surface area contributed by atoms with Gasteiger partial charge in [0, 0.05) is 22.4 Å². The Bertz CT molecular complexity index is 998. The number of aromatic nitrogens is 8. The summed E-state index contributed by atoms with van der Waals surface area (Å²) in [6.45, 7) is 0. The van der Waals surface area contributed by atoms with Gasteiger partial charge in [0.05, 0.1) is 0 Å². The summed E-state index contributed by atoms with van der Waals surface area (Å²) in [6, 6.07) is 14.1. The third-order valence-corrected chi connectivity index (χ3v) is 3.50. The maximum absolute atomic E-state index is 12.3. The number of H-pyrrole nitrogens is 2. The number of nitrogens with one attached hydrogen (secondary N) is 3. The van der Waals surface area contributed by atoms with Crippen molar-refractivity contribution in [1.29, 1.82) is 0 Å². The molecule has 0 atom stereocenters. The van der Waals surface area contributed by atoms with Crippen molar-refractivity contribution < 1.29 is 94.1 Å². The molecule has 4 aromatic rings. The minimum absolute atomic E-state index is 0. The van der Waals surface area contributed by atoms with E-state index in [-0.39, 0.29) is 95.3 Å². The van der Waals surface area contributed by atoms with E-state index in [1.165, 1.54) is 0 Å². The summed E-state index contributed by atoms with van der Waals surface area (Å²) in [7, 11) is 0. The van der Waals surface area contributed by atoms with Crippen molar-refractivity contribution in [3.05, 3.63) is 54.1 Å². The van der Waals surface area contributed by atoms with Crippen LogP contribution in [0.15, 0.2) is 48.5 Å². The van der Waals surface area contributed by atoms with E-state index in [0.29, 0.717) is 22.9 Å². The second-order valence-electron chi connectivity index (χ2n) is 5.08. The monoisotopic (exact) mass is 471 g/mol. The molecule has 2 aromatic heterocycles. The van der Waals surface area contributed by atoms with E-state index < -0.39 is 0 Å². The Kier molecular flexibility index (Phi) is 20.2. The quantitative estimate of drug-likeness (QED) is 0.241. The molecule has 0 spiro atoms. The number of carbonyl (C=O) groups is 1. The molecule has 0 aliphatic heterocycles. The van der Waals surface area contributed by atoms with E-state index in [4.69, 9.17) is 0 Å². The molecule has 0 radical (unpaired) electrons. The van der Waals surface area contributed by atoms with Crippen LogP contribution in [-0.4, -0.2) is 74.5 Å². The smallest absolute Gasteiger partial charge is 1.00 e. The van der Waals surface area contributed by atoms with Gasteiger partial charge >= 0.3 is 59.1 Å². The van der Waals surface area contributed by atoms with E-state index >= 15 is 0 Å². The Morgan fingerprint density at radius 1 is 0.688 bits per heavy atom. The molecule has 0 saturated carbocycles. The van der Waals surface area contributed by atoms with Crippen molar-refractivity contribution in [2.24, 2.45) is 0 Å². The fraction of sp³-hybridized carbons (Fsp3) is 0. The molecule has 17 heteroatoms. The zero-order valence-electron chi connectivity index (χ0n) is 19.2. The average Bonchev–Trinajstić information content (AvgIpc) is 3.36. The van der Waals surface area contributed by atoms with E-state index in [1.54, 1.807) is 48.5 Å². The molecular weight excluding hydrogens is 448 g/mol. The molecule has 2 heterocycles. The van der Waals surface area contributed by atoms with Crippen LogP contribution >= 0.6 is 0 Å². The van der Waals surface area contributed by atoms with Crippen LogP contribution in [0.4, 0.5) is 5.69 Å². The normalized spacial score (nSPS) is 8.25. The zero-order chi connectivity index (χ0) is 17.1. The van der Waals surface area contributed by atoms with E-state index in [1.807, 2.05) is 0 Å². The topological polar surface area (TPSA) is 296 Å². The van der Waals surface area contributed by atoms with Gasteiger partial charge in [-0.3, -0.25) is 4.79 Å². The molecule has 15 nitrogen and oxygen atoms in total. The summed E-state index contributed by atoms with van der Waals surface area (Å²) in [4.78, 5) is 12.3. The van der Waals surface area contributed by atoms with E-state index in [9.17, 15) is 4.79 Å². The van der Waals surface area contributed by atoms with Crippen molar-refractivity contribution >= 4 is 11.6 Å². The van der Waals surface area contributed by atoms with Gasteiger partial charge in [-0.1, -0.05) is 12.1 Å². The second-order valence-corrected chi connectivity index (χ2v) is 5.08. The van der Waals surface area contributed by atoms with E-state index in [2.05, 4.69) is 46.6 Å². The van der Waals surface area contributed by atoms with Crippen LogP contribution in [0.3, 0.4) is 0 Å². The first-order chi connectivity index (χ1) is 12.3. The van der Waals surface area contributed by atoms with Crippen molar-refractivity contribution in [3.63, 3.8) is 0 Å². The largest absolute Gasteiger partial charge is 1.00 e. The van der Waals surface area contributed by atoms with Gasteiger partial charge in [0.25, 0.3) is 5.91 Å². The Balaban J connectivity index is -0.000000218. The summed E-state index contributed by atoms with van der Waals surface area (Å²) < 4.78 is 0. The Hall–Kier alpha value is -2.15. The van der Waals surface area contributed by atoms with Gasteiger partial charge in [0.15, 0.2) is 0 Å². The van der Waals surface area contributed by atoms with Crippen LogP contribution in [0.1, 0.15) is 13.2 Å². The molecule has 2 aromatic carbocycles. The number of tetrazole rings is 2. The van der Waals surface area contributed by atoms with Crippen molar-refractivity contribution in [2.75, 3.05) is 5.32 Å². The van der Waals surface area contributed by atoms with Crippen molar-refractivity contribution in [2.45, 2.75) is 0 Å². The number of rotatable bonds is 4. The predicted octanol–water partition coefficient (Wildman–Crippen LogP) is -8.59. The summed E-state index contributed by atoms with van der Waals surface area (Å²) in [6.07, 6.45) is 0. The van der Waals surface area contributed by atoms with Crippen molar-refractivity contribution in [3.8, 4) is 22.8 Å². The van der Waals surface area contributed by atoms with Gasteiger partial charge in [-0.05, 0) is 46.8 Å². The number of anilines is 1. The van der Waals surface area contributed by atoms with Crippen LogP contribution < -0.4 is 64.4 Å². The fourth-order valence-corrected chi connectivity index (χ4v) is 2.24. The molecule has 0 saturated heterocycles. The van der Waals surface area contributed by atoms with Crippen LogP contribution in [0.25, 0.3) is 22.8 Å². The fourth-order valence-electron chi connectivity index (χ4n) is 2.24. The standard InChI is InChI=1S/C15H11N9O.2Na.5H2O.2H/c25-15(11-3-1-9(2-4-11)13-17-21-22-18-13)16-12-7-5-10(6-8-12)14-19-23-24-20-14;;;;;;;;;/h1-8H,(H,16,25)(H,17,18,21,22)(H,19,20,23,24);;;5*1H2;;/q;2*+1;;;;;;2*-1. The van der Waals surface area contributed by atoms with Crippen LogP contribution in [0.5, 0.6) is 0 Å². The maximum Gasteiger partial charge on any atom is 1.00 e. The van der Waals surface area contributed by atoms with Crippen LogP contribution in [0, 0.1) is 0 Å². The number of hydrogen-bond donors (Lipinski definition) is 3. The molecule has 0 fully saturated rings. The molecule has 4 rings (SSSR count). The van der Waals surface area contributed by atoms with Crippen LogP contribution in [0.2, 0.25) is 0 Å². The average molecular weight is 471 g/mol. The molecule has 1 amide bonds. The number of amides is 1. The number of aromatic amines is 2. The summed E-state index contributed by atoms with van der Waals surface area (Å²) in [5.74, 6) is 0.755. The minimum atomic E-state index is -0.216. The maximum atomic E-state index is 12.3. The molecule has 166 valence electrons. The zero-order valence-corrected chi connectivity index (χ0v) is 21.2. The van der Waals surface area contributed by atoms with Gasteiger partial charge in [0.1, 0.15) is 0 Å². The first-order valence-corrected chi connectivity index (χ1v) is 7.29. The molecule has 0 unspecified atom stereocenters.